The molecule has 0 atom stereocenters. The van der Waals surface area contributed by atoms with E-state index < -0.39 is 0 Å². The molecule has 0 radical (unpaired) electrons. The van der Waals surface area contributed by atoms with Crippen LogP contribution in [0.15, 0.2) is 39.1 Å². The quantitative estimate of drug-likeness (QED) is 0.383. The van der Waals surface area contributed by atoms with Gasteiger partial charge in [0.1, 0.15) is 10.5 Å². The van der Waals surface area contributed by atoms with Gasteiger partial charge in [-0.05, 0) is 43.4 Å². The van der Waals surface area contributed by atoms with Gasteiger partial charge in [0.2, 0.25) is 0 Å². The predicted molar refractivity (Wildman–Crippen MR) is 113 cm³/mol. The van der Waals surface area contributed by atoms with Crippen LogP contribution in [0.3, 0.4) is 0 Å². The summed E-state index contributed by atoms with van der Waals surface area (Å²) < 4.78 is 3.17. The second kappa shape index (κ2) is 6.56. The van der Waals surface area contributed by atoms with E-state index in [-0.39, 0.29) is 11.1 Å². The Bertz CT molecular complexity index is 1370. The molecular weight excluding hydrogens is 392 g/mol. The van der Waals surface area contributed by atoms with Crippen LogP contribution in [0.1, 0.15) is 28.1 Å². The maximum atomic E-state index is 12.9. The van der Waals surface area contributed by atoms with Gasteiger partial charge in [-0.3, -0.25) is 18.6 Å². The number of pyridine rings is 1. The maximum absolute atomic E-state index is 12.9. The fraction of sp³-hybridized carbons (Fsp3) is 0.300. The van der Waals surface area contributed by atoms with E-state index in [2.05, 4.69) is 4.98 Å². The van der Waals surface area contributed by atoms with Crippen LogP contribution in [0, 0.1) is 6.92 Å². The zero-order valence-electron chi connectivity index (χ0n) is 15.6. The number of aromatic nitrogens is 4. The van der Waals surface area contributed by atoms with Crippen LogP contribution < -0.4 is 11.1 Å². The van der Waals surface area contributed by atoms with Crippen LogP contribution in [0.4, 0.5) is 0 Å². The van der Waals surface area contributed by atoms with Crippen molar-refractivity contribution in [2.75, 3.05) is 0 Å². The zero-order valence-corrected chi connectivity index (χ0v) is 17.2. The number of thioether (sulfide) groups is 1. The first kappa shape index (κ1) is 17.6. The van der Waals surface area contributed by atoms with Crippen molar-refractivity contribution in [3.05, 3.63) is 66.8 Å². The summed E-state index contributed by atoms with van der Waals surface area (Å²) in [6, 6.07) is 5.34. The van der Waals surface area contributed by atoms with Gasteiger partial charge in [-0.25, -0.2) is 9.97 Å². The molecule has 0 aliphatic heterocycles. The molecule has 0 fully saturated rings. The van der Waals surface area contributed by atoms with Gasteiger partial charge in [0, 0.05) is 29.9 Å². The van der Waals surface area contributed by atoms with Crippen LogP contribution in [-0.2, 0) is 25.6 Å². The van der Waals surface area contributed by atoms with Crippen molar-refractivity contribution < 1.29 is 0 Å². The van der Waals surface area contributed by atoms with E-state index in [4.69, 9.17) is 4.98 Å². The molecular formula is C20H18N4O2S2. The molecule has 0 saturated carbocycles. The molecule has 0 saturated heterocycles. The van der Waals surface area contributed by atoms with E-state index in [0.717, 1.165) is 35.0 Å². The normalized spacial score (nSPS) is 13.5. The number of nitrogens with zero attached hydrogens (tertiary/aromatic N) is 4. The lowest BCUT2D eigenvalue weighted by Crippen LogP contribution is -2.20. The molecule has 4 heterocycles. The van der Waals surface area contributed by atoms with Crippen LogP contribution in [-0.4, -0.2) is 18.9 Å². The lowest BCUT2D eigenvalue weighted by Gasteiger charge is -2.08. The first-order valence-electron chi connectivity index (χ1n) is 9.14. The van der Waals surface area contributed by atoms with Gasteiger partial charge < -0.3 is 0 Å². The molecule has 1 aliphatic rings. The number of hydrogen-bond acceptors (Lipinski definition) is 6. The van der Waals surface area contributed by atoms with Gasteiger partial charge in [0.25, 0.3) is 11.1 Å². The third-order valence-corrected chi connectivity index (χ3v) is 7.36. The van der Waals surface area contributed by atoms with Gasteiger partial charge in [0.05, 0.1) is 11.1 Å². The first-order chi connectivity index (χ1) is 13.5. The first-order valence-corrected chi connectivity index (χ1v) is 10.9. The van der Waals surface area contributed by atoms with Crippen molar-refractivity contribution in [3.8, 4) is 0 Å². The Hall–Kier alpha value is -2.45. The van der Waals surface area contributed by atoms with Crippen LogP contribution in [0.5, 0.6) is 0 Å². The largest absolute Gasteiger partial charge is 0.290 e. The summed E-state index contributed by atoms with van der Waals surface area (Å²) in [5.74, 6) is 0.483. The minimum atomic E-state index is -0.101. The lowest BCUT2D eigenvalue weighted by molar-refractivity contribution is 0.726. The summed E-state index contributed by atoms with van der Waals surface area (Å²) >= 11 is 3.08. The molecule has 0 N–H and O–H groups in total. The summed E-state index contributed by atoms with van der Waals surface area (Å²) in [6.07, 6.45) is 4.94. The zero-order chi connectivity index (χ0) is 19.4. The van der Waals surface area contributed by atoms with E-state index in [1.54, 1.807) is 39.6 Å². The summed E-state index contributed by atoms with van der Waals surface area (Å²) in [6.45, 7) is 1.94. The molecule has 4 aromatic heterocycles. The van der Waals surface area contributed by atoms with Crippen molar-refractivity contribution in [3.63, 3.8) is 0 Å². The Morgan fingerprint density at radius 1 is 1.21 bits per heavy atom. The summed E-state index contributed by atoms with van der Waals surface area (Å²) in [4.78, 5) is 36.7. The molecule has 4 aromatic rings. The Morgan fingerprint density at radius 3 is 2.93 bits per heavy atom. The molecule has 0 amide bonds. The van der Waals surface area contributed by atoms with Gasteiger partial charge in [-0.15, -0.1) is 11.3 Å². The molecule has 0 unspecified atom stereocenters. The number of hydrogen-bond donors (Lipinski definition) is 0. The van der Waals surface area contributed by atoms with E-state index >= 15 is 0 Å². The van der Waals surface area contributed by atoms with Crippen LogP contribution in [0.25, 0.3) is 15.9 Å². The maximum Gasteiger partial charge on any atom is 0.262 e. The van der Waals surface area contributed by atoms with Crippen molar-refractivity contribution in [2.24, 2.45) is 7.05 Å². The van der Waals surface area contributed by atoms with E-state index in [1.807, 2.05) is 19.1 Å². The average molecular weight is 411 g/mol. The van der Waals surface area contributed by atoms with Crippen molar-refractivity contribution in [1.82, 2.24) is 18.9 Å². The highest BCUT2D eigenvalue weighted by atomic mass is 32.2. The highest BCUT2D eigenvalue weighted by molar-refractivity contribution is 7.98. The van der Waals surface area contributed by atoms with Gasteiger partial charge >= 0.3 is 0 Å². The predicted octanol–water partition coefficient (Wildman–Crippen LogP) is 3.09. The summed E-state index contributed by atoms with van der Waals surface area (Å²) in [5.41, 5.74) is 3.44. The molecule has 8 heteroatoms. The fourth-order valence-corrected chi connectivity index (χ4v) is 5.87. The van der Waals surface area contributed by atoms with Gasteiger partial charge in [-0.1, -0.05) is 17.8 Å². The van der Waals surface area contributed by atoms with Crippen molar-refractivity contribution in [2.45, 2.75) is 37.1 Å². The molecule has 0 aromatic carbocycles. The highest BCUT2D eigenvalue weighted by Crippen LogP contribution is 2.35. The van der Waals surface area contributed by atoms with E-state index in [1.165, 1.54) is 22.2 Å². The lowest BCUT2D eigenvalue weighted by atomic mass is 10.2. The third kappa shape index (κ3) is 2.79. The van der Waals surface area contributed by atoms with Crippen molar-refractivity contribution >= 4 is 39.0 Å². The Kier molecular flexibility index (Phi) is 4.13. The number of rotatable bonds is 3. The molecule has 0 bridgehead atoms. The standard InChI is InChI=1S/C20H18N4O2S2/c1-11-6-7-15-21-12(8-16(25)24(15)9-11)10-27-20-22-18-17(19(26)23(20)2)13-4-3-5-14(13)28-18/h6-9H,3-5,10H2,1-2H3. The number of aryl methyl sites for hydroxylation is 3. The molecule has 5 rings (SSSR count). The van der Waals surface area contributed by atoms with Crippen molar-refractivity contribution in [1.29, 1.82) is 0 Å². The Labute approximate surface area is 168 Å². The Balaban J connectivity index is 1.50. The van der Waals surface area contributed by atoms with E-state index in [9.17, 15) is 9.59 Å². The monoisotopic (exact) mass is 410 g/mol. The Morgan fingerprint density at radius 2 is 2.07 bits per heavy atom. The molecule has 28 heavy (non-hydrogen) atoms. The second-order valence-electron chi connectivity index (χ2n) is 7.11. The SMILES string of the molecule is Cc1ccc2nc(CSc3nc4sc5c(c4c(=O)n3C)CCC5)cc(=O)n2c1. The molecule has 1 aliphatic carbocycles. The van der Waals surface area contributed by atoms with E-state index in [0.29, 0.717) is 22.3 Å². The van der Waals surface area contributed by atoms with Gasteiger partial charge in [0.15, 0.2) is 5.16 Å². The van der Waals surface area contributed by atoms with Crippen LogP contribution in [0.2, 0.25) is 0 Å². The number of thiophene rings is 1. The average Bonchev–Trinajstić information content (AvgIpc) is 3.25. The molecule has 142 valence electrons. The molecule has 0 spiro atoms. The summed E-state index contributed by atoms with van der Waals surface area (Å²) in [7, 11) is 1.77. The summed E-state index contributed by atoms with van der Waals surface area (Å²) in [5, 5.41) is 1.45. The topological polar surface area (TPSA) is 69.3 Å². The fourth-order valence-electron chi connectivity index (χ4n) is 3.71. The minimum Gasteiger partial charge on any atom is -0.290 e. The minimum absolute atomic E-state index is 0.0221. The van der Waals surface area contributed by atoms with Gasteiger partial charge in [-0.2, -0.15) is 0 Å². The third-order valence-electron chi connectivity index (χ3n) is 5.12. The molecule has 6 nitrogen and oxygen atoms in total. The highest BCUT2D eigenvalue weighted by Gasteiger charge is 2.22. The smallest absolute Gasteiger partial charge is 0.262 e. The van der Waals surface area contributed by atoms with Crippen LogP contribution >= 0.6 is 23.1 Å². The second-order valence-corrected chi connectivity index (χ2v) is 9.13. The number of fused-ring (bicyclic) bond motifs is 4.